The molecule has 1 aliphatic carbocycles. The van der Waals surface area contributed by atoms with Crippen molar-refractivity contribution in [2.75, 3.05) is 12.4 Å². The molecule has 1 amide bonds. The Labute approximate surface area is 158 Å². The summed E-state index contributed by atoms with van der Waals surface area (Å²) in [7, 11) is 1.20. The van der Waals surface area contributed by atoms with Crippen LogP contribution in [0.25, 0.3) is 0 Å². The number of nitrogens with one attached hydrogen (secondary N) is 1. The second kappa shape index (κ2) is 7.64. The van der Waals surface area contributed by atoms with Crippen LogP contribution in [0.2, 0.25) is 0 Å². The van der Waals surface area contributed by atoms with Gasteiger partial charge in [-0.3, -0.25) is 14.2 Å². The highest BCUT2D eigenvalue weighted by Gasteiger charge is 2.37. The maximum atomic E-state index is 12.9. The third-order valence-corrected chi connectivity index (χ3v) is 4.39. The van der Waals surface area contributed by atoms with Crippen molar-refractivity contribution in [1.29, 1.82) is 0 Å². The average molecular weight is 399 g/mol. The molecule has 1 fully saturated rings. The quantitative estimate of drug-likeness (QED) is 0.723. The van der Waals surface area contributed by atoms with Crippen molar-refractivity contribution in [3.63, 3.8) is 0 Å². The number of carbonyl (C=O) groups is 2. The minimum Gasteiger partial charge on any atom is -0.464 e. The molecule has 2 aromatic rings. The number of hydrogen-bond donors (Lipinski definition) is 1. The highest BCUT2D eigenvalue weighted by atomic mass is 19.4. The van der Waals surface area contributed by atoms with Crippen LogP contribution >= 0.6 is 0 Å². The van der Waals surface area contributed by atoms with Gasteiger partial charge in [-0.2, -0.15) is 23.4 Å². The lowest BCUT2D eigenvalue weighted by atomic mass is 10.2. The number of aromatic nitrogens is 4. The second-order valence-electron chi connectivity index (χ2n) is 6.49. The summed E-state index contributed by atoms with van der Waals surface area (Å²) in [4.78, 5) is 24.1. The summed E-state index contributed by atoms with van der Waals surface area (Å²) in [6.45, 7) is 2.30. The molecule has 0 spiro atoms. The van der Waals surface area contributed by atoms with Gasteiger partial charge in [-0.05, 0) is 25.8 Å². The molecular weight excluding hydrogens is 379 g/mol. The minimum atomic E-state index is -4.53. The molecule has 0 unspecified atom stereocenters. The highest BCUT2D eigenvalue weighted by Crippen LogP contribution is 2.42. The number of rotatable bonds is 7. The lowest BCUT2D eigenvalue weighted by Gasteiger charge is -2.07. The summed E-state index contributed by atoms with van der Waals surface area (Å²) in [5.74, 6) is -1.10. The van der Waals surface area contributed by atoms with Gasteiger partial charge in [0.25, 0.3) is 0 Å². The normalized spacial score (nSPS) is 14.2. The number of aryl methyl sites for hydroxylation is 2. The first kappa shape index (κ1) is 19.9. The van der Waals surface area contributed by atoms with E-state index >= 15 is 0 Å². The van der Waals surface area contributed by atoms with Crippen LogP contribution in [-0.4, -0.2) is 38.5 Å². The van der Waals surface area contributed by atoms with Crippen molar-refractivity contribution >= 4 is 17.6 Å². The number of anilines is 1. The first-order chi connectivity index (χ1) is 13.2. The van der Waals surface area contributed by atoms with Gasteiger partial charge in [0.2, 0.25) is 5.91 Å². The van der Waals surface area contributed by atoms with E-state index in [1.165, 1.54) is 22.7 Å². The lowest BCUT2D eigenvalue weighted by Crippen LogP contribution is -2.18. The number of halogens is 3. The van der Waals surface area contributed by atoms with Crippen molar-refractivity contribution in [2.45, 2.75) is 51.4 Å². The molecule has 0 aliphatic heterocycles. The maximum Gasteiger partial charge on any atom is 0.435 e. The van der Waals surface area contributed by atoms with Gasteiger partial charge in [0.1, 0.15) is 0 Å². The first-order valence-electron chi connectivity index (χ1n) is 8.83. The fourth-order valence-electron chi connectivity index (χ4n) is 2.80. The van der Waals surface area contributed by atoms with E-state index in [-0.39, 0.29) is 30.3 Å². The van der Waals surface area contributed by atoms with E-state index in [9.17, 15) is 22.8 Å². The van der Waals surface area contributed by atoms with Crippen LogP contribution in [0, 0.1) is 0 Å². The molecule has 1 aliphatic rings. The van der Waals surface area contributed by atoms with Crippen LogP contribution in [-0.2, 0) is 28.8 Å². The van der Waals surface area contributed by atoms with E-state index in [2.05, 4.69) is 20.3 Å². The molecule has 1 saturated carbocycles. The molecule has 0 bridgehead atoms. The van der Waals surface area contributed by atoms with E-state index in [4.69, 9.17) is 0 Å². The number of carbonyl (C=O) groups excluding carboxylic acids is 2. The van der Waals surface area contributed by atoms with Crippen molar-refractivity contribution in [2.24, 2.45) is 0 Å². The minimum absolute atomic E-state index is 0.00319. The summed E-state index contributed by atoms with van der Waals surface area (Å²) in [5.41, 5.74) is -0.298. The van der Waals surface area contributed by atoms with Gasteiger partial charge in [0.15, 0.2) is 11.4 Å². The summed E-state index contributed by atoms with van der Waals surface area (Å²) in [6.07, 6.45) is -1.50. The SMILES string of the molecule is CCn1cc(NC(=O)CCn2nc(C(F)(F)F)cc2C2CC2)c(C(=O)OC)n1. The summed E-state index contributed by atoms with van der Waals surface area (Å²) in [5, 5.41) is 10.2. The van der Waals surface area contributed by atoms with Crippen LogP contribution in [0.5, 0.6) is 0 Å². The second-order valence-corrected chi connectivity index (χ2v) is 6.49. The van der Waals surface area contributed by atoms with Crippen molar-refractivity contribution in [3.8, 4) is 0 Å². The predicted molar refractivity (Wildman–Crippen MR) is 91.7 cm³/mol. The number of methoxy groups -OCH3 is 1. The molecule has 2 heterocycles. The lowest BCUT2D eigenvalue weighted by molar-refractivity contribution is -0.141. The molecule has 0 saturated heterocycles. The standard InChI is InChI=1S/C17H20F3N5O3/c1-3-24-9-11(15(23-24)16(27)28-2)21-14(26)6-7-25-12(10-4-5-10)8-13(22-25)17(18,19)20/h8-10H,3-7H2,1-2H3,(H,21,26). The Kier molecular flexibility index (Phi) is 5.43. The third-order valence-electron chi connectivity index (χ3n) is 4.39. The van der Waals surface area contributed by atoms with E-state index in [1.807, 2.05) is 6.92 Å². The summed E-state index contributed by atoms with van der Waals surface area (Å²) in [6, 6.07) is 1.05. The zero-order valence-electron chi connectivity index (χ0n) is 15.4. The van der Waals surface area contributed by atoms with Crippen molar-refractivity contribution in [3.05, 3.63) is 29.3 Å². The molecule has 8 nitrogen and oxygen atoms in total. The number of hydrogen-bond acceptors (Lipinski definition) is 5. The van der Waals surface area contributed by atoms with E-state index in [1.54, 1.807) is 0 Å². The number of amides is 1. The van der Waals surface area contributed by atoms with Gasteiger partial charge in [-0.1, -0.05) is 0 Å². The van der Waals surface area contributed by atoms with Gasteiger partial charge in [0.05, 0.1) is 12.8 Å². The van der Waals surface area contributed by atoms with Gasteiger partial charge >= 0.3 is 12.1 Å². The zero-order valence-corrected chi connectivity index (χ0v) is 15.4. The average Bonchev–Trinajstić information content (AvgIpc) is 3.25. The maximum absolute atomic E-state index is 12.9. The highest BCUT2D eigenvalue weighted by molar-refractivity contribution is 5.99. The summed E-state index contributed by atoms with van der Waals surface area (Å²) >= 11 is 0. The van der Waals surface area contributed by atoms with Crippen molar-refractivity contribution in [1.82, 2.24) is 19.6 Å². The number of nitrogens with zero attached hydrogens (tertiary/aromatic N) is 4. The Morgan fingerprint density at radius 1 is 1.32 bits per heavy atom. The van der Waals surface area contributed by atoms with E-state index in [0.29, 0.717) is 12.2 Å². The first-order valence-corrected chi connectivity index (χ1v) is 8.83. The Morgan fingerprint density at radius 2 is 2.04 bits per heavy atom. The Morgan fingerprint density at radius 3 is 2.61 bits per heavy atom. The molecule has 28 heavy (non-hydrogen) atoms. The largest absolute Gasteiger partial charge is 0.464 e. The smallest absolute Gasteiger partial charge is 0.435 e. The molecule has 0 radical (unpaired) electrons. The van der Waals surface area contributed by atoms with Gasteiger partial charge in [-0.25, -0.2) is 4.79 Å². The Bertz CT molecular complexity index is 883. The number of esters is 1. The van der Waals surface area contributed by atoms with E-state index < -0.39 is 23.7 Å². The van der Waals surface area contributed by atoms with Crippen LogP contribution in [0.15, 0.2) is 12.3 Å². The molecule has 0 atom stereocenters. The van der Waals surface area contributed by atoms with Gasteiger partial charge < -0.3 is 10.1 Å². The molecule has 0 aromatic carbocycles. The molecule has 3 rings (SSSR count). The number of ether oxygens (including phenoxy) is 1. The number of alkyl halides is 3. The molecule has 1 N–H and O–H groups in total. The third kappa shape index (κ3) is 4.34. The van der Waals surface area contributed by atoms with Crippen LogP contribution in [0.3, 0.4) is 0 Å². The van der Waals surface area contributed by atoms with Gasteiger partial charge in [-0.15, -0.1) is 0 Å². The van der Waals surface area contributed by atoms with Gasteiger partial charge in [0, 0.05) is 37.3 Å². The summed E-state index contributed by atoms with van der Waals surface area (Å²) < 4.78 is 46.2. The predicted octanol–water partition coefficient (Wildman–Crippen LogP) is 2.81. The topological polar surface area (TPSA) is 91.0 Å². The van der Waals surface area contributed by atoms with Crippen LogP contribution in [0.1, 0.15) is 54.0 Å². The Hall–Kier alpha value is -2.85. The molecule has 2 aromatic heterocycles. The molecular formula is C17H20F3N5O3. The zero-order chi connectivity index (χ0) is 20.5. The fraction of sp³-hybridized carbons (Fsp3) is 0.529. The fourth-order valence-corrected chi connectivity index (χ4v) is 2.80. The van der Waals surface area contributed by atoms with Crippen LogP contribution in [0.4, 0.5) is 18.9 Å². The molecule has 11 heteroatoms. The monoisotopic (exact) mass is 399 g/mol. The van der Waals surface area contributed by atoms with Crippen molar-refractivity contribution < 1.29 is 27.5 Å². The van der Waals surface area contributed by atoms with E-state index in [0.717, 1.165) is 18.9 Å². The molecule has 152 valence electrons. The Balaban J connectivity index is 1.69. The van der Waals surface area contributed by atoms with Crippen LogP contribution < -0.4 is 5.32 Å².